The van der Waals surface area contributed by atoms with E-state index < -0.39 is 0 Å². The zero-order valence-electron chi connectivity index (χ0n) is 11.3. The topological polar surface area (TPSA) is 24.1 Å². The van der Waals surface area contributed by atoms with Crippen LogP contribution < -0.4 is 10.6 Å². The van der Waals surface area contributed by atoms with Crippen LogP contribution in [0.4, 0.5) is 10.1 Å². The molecule has 2 rings (SSSR count). The lowest BCUT2D eigenvalue weighted by Gasteiger charge is -2.13. The fraction of sp³-hybridized carbons (Fsp3) is 0.188. The van der Waals surface area contributed by atoms with Crippen LogP contribution >= 0.6 is 12.2 Å². The maximum Gasteiger partial charge on any atom is 0.171 e. The van der Waals surface area contributed by atoms with Crippen LogP contribution in [0, 0.1) is 5.82 Å². The Balaban J connectivity index is 1.95. The summed E-state index contributed by atoms with van der Waals surface area (Å²) in [7, 11) is 0. The van der Waals surface area contributed by atoms with Crippen molar-refractivity contribution in [1.82, 2.24) is 5.32 Å². The van der Waals surface area contributed by atoms with Crippen LogP contribution in [-0.2, 0) is 13.0 Å². The normalized spacial score (nSPS) is 10.1. The molecule has 0 spiro atoms. The third-order valence-corrected chi connectivity index (χ3v) is 3.29. The number of rotatable bonds is 4. The monoisotopic (exact) mass is 288 g/mol. The lowest BCUT2D eigenvalue weighted by molar-refractivity contribution is 0.606. The largest absolute Gasteiger partial charge is 0.358 e. The van der Waals surface area contributed by atoms with E-state index in [4.69, 9.17) is 12.2 Å². The molecule has 0 saturated heterocycles. The minimum atomic E-state index is -0.225. The number of hydrogen-bond donors (Lipinski definition) is 2. The van der Waals surface area contributed by atoms with E-state index >= 15 is 0 Å². The highest BCUT2D eigenvalue weighted by molar-refractivity contribution is 7.80. The molecule has 0 amide bonds. The Kier molecular flexibility index (Phi) is 5.07. The average Bonchev–Trinajstić information content (AvgIpc) is 2.47. The number of aryl methyl sites for hydroxylation is 1. The average molecular weight is 288 g/mol. The van der Waals surface area contributed by atoms with Crippen molar-refractivity contribution >= 4 is 23.0 Å². The molecule has 104 valence electrons. The molecule has 0 atom stereocenters. The van der Waals surface area contributed by atoms with E-state index in [1.165, 1.54) is 11.6 Å². The number of para-hydroxylation sites is 1. The molecule has 0 aliphatic rings. The molecule has 2 aromatic carbocycles. The van der Waals surface area contributed by atoms with E-state index in [1.54, 1.807) is 12.1 Å². The van der Waals surface area contributed by atoms with Crippen molar-refractivity contribution < 1.29 is 4.39 Å². The lowest BCUT2D eigenvalue weighted by Crippen LogP contribution is -2.28. The van der Waals surface area contributed by atoms with Crippen molar-refractivity contribution in [3.05, 3.63) is 65.5 Å². The van der Waals surface area contributed by atoms with E-state index in [-0.39, 0.29) is 5.82 Å². The quantitative estimate of drug-likeness (QED) is 0.835. The van der Waals surface area contributed by atoms with Crippen molar-refractivity contribution in [3.63, 3.8) is 0 Å². The summed E-state index contributed by atoms with van der Waals surface area (Å²) in [6.45, 7) is 2.46. The van der Waals surface area contributed by atoms with E-state index in [0.717, 1.165) is 12.1 Å². The van der Waals surface area contributed by atoms with Gasteiger partial charge in [0.05, 0.1) is 0 Å². The fourth-order valence-electron chi connectivity index (χ4n) is 1.93. The number of anilines is 1. The van der Waals surface area contributed by atoms with E-state index in [2.05, 4.69) is 23.6 Å². The van der Waals surface area contributed by atoms with Crippen LogP contribution in [0.2, 0.25) is 0 Å². The summed E-state index contributed by atoms with van der Waals surface area (Å²) in [5.41, 5.74) is 2.78. The van der Waals surface area contributed by atoms with Gasteiger partial charge in [0.15, 0.2) is 5.11 Å². The van der Waals surface area contributed by atoms with E-state index in [9.17, 15) is 4.39 Å². The molecule has 0 aliphatic carbocycles. The van der Waals surface area contributed by atoms with E-state index in [1.807, 2.05) is 24.3 Å². The molecule has 0 aromatic heterocycles. The first-order valence-corrected chi connectivity index (χ1v) is 6.97. The molecule has 0 bridgehead atoms. The van der Waals surface area contributed by atoms with Gasteiger partial charge in [-0.05, 0) is 36.3 Å². The SMILES string of the molecule is CCc1ccccc1NC(=S)NCc1ccccc1F. The second-order valence-electron chi connectivity index (χ2n) is 4.41. The highest BCUT2D eigenvalue weighted by Gasteiger charge is 2.04. The Hall–Kier alpha value is -1.94. The van der Waals surface area contributed by atoms with Gasteiger partial charge in [-0.2, -0.15) is 0 Å². The van der Waals surface area contributed by atoms with Crippen molar-refractivity contribution in [1.29, 1.82) is 0 Å². The number of nitrogens with one attached hydrogen (secondary N) is 2. The third-order valence-electron chi connectivity index (χ3n) is 3.04. The summed E-state index contributed by atoms with van der Waals surface area (Å²) >= 11 is 5.24. The Labute approximate surface area is 124 Å². The van der Waals surface area contributed by atoms with Crippen molar-refractivity contribution in [2.75, 3.05) is 5.32 Å². The van der Waals surface area contributed by atoms with Crippen LogP contribution in [0.15, 0.2) is 48.5 Å². The smallest absolute Gasteiger partial charge is 0.171 e. The Morgan fingerprint density at radius 3 is 2.40 bits per heavy atom. The first-order valence-electron chi connectivity index (χ1n) is 6.57. The summed E-state index contributed by atoms with van der Waals surface area (Å²) in [6, 6.07) is 14.7. The molecule has 0 unspecified atom stereocenters. The maximum atomic E-state index is 13.5. The third kappa shape index (κ3) is 3.78. The van der Waals surface area contributed by atoms with Gasteiger partial charge in [-0.15, -0.1) is 0 Å². The molecule has 0 aliphatic heterocycles. The van der Waals surface area contributed by atoms with Gasteiger partial charge in [0.25, 0.3) is 0 Å². The first kappa shape index (κ1) is 14.5. The summed E-state index contributed by atoms with van der Waals surface area (Å²) in [6.07, 6.45) is 0.930. The van der Waals surface area contributed by atoms with Gasteiger partial charge in [0.1, 0.15) is 5.82 Å². The number of hydrogen-bond acceptors (Lipinski definition) is 1. The Morgan fingerprint density at radius 2 is 1.70 bits per heavy atom. The van der Waals surface area contributed by atoms with Crippen LogP contribution in [0.3, 0.4) is 0 Å². The zero-order valence-corrected chi connectivity index (χ0v) is 12.1. The van der Waals surface area contributed by atoms with Gasteiger partial charge >= 0.3 is 0 Å². The molecule has 4 heteroatoms. The molecular weight excluding hydrogens is 271 g/mol. The lowest BCUT2D eigenvalue weighted by atomic mass is 10.1. The van der Waals surface area contributed by atoms with Crippen LogP contribution in [0.25, 0.3) is 0 Å². The fourth-order valence-corrected chi connectivity index (χ4v) is 2.12. The van der Waals surface area contributed by atoms with Gasteiger partial charge in [-0.3, -0.25) is 0 Å². The highest BCUT2D eigenvalue weighted by Crippen LogP contribution is 2.15. The van der Waals surface area contributed by atoms with Crippen molar-refractivity contribution in [2.24, 2.45) is 0 Å². The van der Waals surface area contributed by atoms with Crippen molar-refractivity contribution in [2.45, 2.75) is 19.9 Å². The first-order chi connectivity index (χ1) is 9.70. The molecule has 0 heterocycles. The van der Waals surface area contributed by atoms with Gasteiger partial charge < -0.3 is 10.6 Å². The second-order valence-corrected chi connectivity index (χ2v) is 4.82. The molecule has 2 nitrogen and oxygen atoms in total. The standard InChI is InChI=1S/C16H17FN2S/c1-2-12-7-4-6-10-15(12)19-16(20)18-11-13-8-3-5-9-14(13)17/h3-10H,2,11H2,1H3,(H2,18,19,20). The molecule has 20 heavy (non-hydrogen) atoms. The summed E-state index contributed by atoms with van der Waals surface area (Å²) in [5, 5.41) is 6.66. The van der Waals surface area contributed by atoms with Gasteiger partial charge in [-0.25, -0.2) is 4.39 Å². The minimum Gasteiger partial charge on any atom is -0.358 e. The molecular formula is C16H17FN2S. The Morgan fingerprint density at radius 1 is 1.05 bits per heavy atom. The van der Waals surface area contributed by atoms with Gasteiger partial charge in [0.2, 0.25) is 0 Å². The molecule has 0 fully saturated rings. The predicted octanol–water partition coefficient (Wildman–Crippen LogP) is 3.87. The molecule has 0 radical (unpaired) electrons. The van der Waals surface area contributed by atoms with Crippen LogP contribution in [0.5, 0.6) is 0 Å². The number of benzene rings is 2. The highest BCUT2D eigenvalue weighted by atomic mass is 32.1. The predicted molar refractivity (Wildman–Crippen MR) is 85.3 cm³/mol. The summed E-state index contributed by atoms with van der Waals surface area (Å²) in [4.78, 5) is 0. The minimum absolute atomic E-state index is 0.225. The van der Waals surface area contributed by atoms with Gasteiger partial charge in [0, 0.05) is 17.8 Å². The summed E-state index contributed by atoms with van der Waals surface area (Å²) < 4.78 is 13.5. The van der Waals surface area contributed by atoms with Gasteiger partial charge in [-0.1, -0.05) is 43.3 Å². The molecule has 2 N–H and O–H groups in total. The number of thiocarbonyl (C=S) groups is 1. The zero-order chi connectivity index (χ0) is 14.4. The molecule has 0 saturated carbocycles. The van der Waals surface area contributed by atoms with E-state index in [0.29, 0.717) is 17.2 Å². The number of halogens is 1. The summed E-state index contributed by atoms with van der Waals surface area (Å²) in [5.74, 6) is -0.225. The van der Waals surface area contributed by atoms with Crippen molar-refractivity contribution in [3.8, 4) is 0 Å². The maximum absolute atomic E-state index is 13.5. The second kappa shape index (κ2) is 7.01. The van der Waals surface area contributed by atoms with Crippen LogP contribution in [-0.4, -0.2) is 5.11 Å². The van der Waals surface area contributed by atoms with Crippen LogP contribution in [0.1, 0.15) is 18.1 Å². The molecule has 2 aromatic rings. The Bertz CT molecular complexity index is 599.